The minimum Gasteiger partial charge on any atom is -0.393 e. The van der Waals surface area contributed by atoms with Crippen molar-refractivity contribution < 1.29 is 9.57 Å². The van der Waals surface area contributed by atoms with Crippen LogP contribution in [-0.2, 0) is 9.57 Å². The first-order chi connectivity index (χ1) is 7.24. The van der Waals surface area contributed by atoms with Gasteiger partial charge in [0, 0.05) is 13.1 Å². The molecule has 4 nitrogen and oxygen atoms in total. The molecular formula is C11H22N2O2. The maximum Gasteiger partial charge on any atom is 0.144 e. The molecular weight excluding hydrogens is 192 g/mol. The highest BCUT2D eigenvalue weighted by Crippen LogP contribution is 2.03. The SMILES string of the molecule is CC/C(=N\OCC1CNCCO1)C(C)C. The molecule has 1 heterocycles. The molecule has 1 rings (SSSR count). The molecule has 1 atom stereocenters. The van der Waals surface area contributed by atoms with Crippen molar-refractivity contribution in [2.45, 2.75) is 33.3 Å². The normalized spacial score (nSPS) is 23.2. The van der Waals surface area contributed by atoms with Gasteiger partial charge in [0.25, 0.3) is 0 Å². The number of hydrogen-bond donors (Lipinski definition) is 1. The molecule has 15 heavy (non-hydrogen) atoms. The summed E-state index contributed by atoms with van der Waals surface area (Å²) >= 11 is 0. The van der Waals surface area contributed by atoms with Gasteiger partial charge in [-0.3, -0.25) is 0 Å². The minimum absolute atomic E-state index is 0.146. The fourth-order valence-electron chi connectivity index (χ4n) is 1.51. The number of morpholine rings is 1. The first-order valence-corrected chi connectivity index (χ1v) is 5.75. The monoisotopic (exact) mass is 214 g/mol. The van der Waals surface area contributed by atoms with Gasteiger partial charge in [-0.1, -0.05) is 25.9 Å². The number of ether oxygens (including phenoxy) is 1. The molecule has 0 spiro atoms. The van der Waals surface area contributed by atoms with E-state index in [4.69, 9.17) is 9.57 Å². The Morgan fingerprint density at radius 3 is 2.93 bits per heavy atom. The molecule has 0 saturated carbocycles. The summed E-state index contributed by atoms with van der Waals surface area (Å²) in [5, 5.41) is 7.40. The first-order valence-electron chi connectivity index (χ1n) is 5.75. The molecule has 1 saturated heterocycles. The van der Waals surface area contributed by atoms with Crippen molar-refractivity contribution in [3.63, 3.8) is 0 Å². The Balaban J connectivity index is 2.23. The Kier molecular flexibility index (Phi) is 5.65. The van der Waals surface area contributed by atoms with E-state index in [0.29, 0.717) is 12.5 Å². The van der Waals surface area contributed by atoms with Crippen molar-refractivity contribution in [2.75, 3.05) is 26.3 Å². The van der Waals surface area contributed by atoms with E-state index in [0.717, 1.165) is 31.8 Å². The lowest BCUT2D eigenvalue weighted by molar-refractivity contribution is -0.0305. The van der Waals surface area contributed by atoms with Gasteiger partial charge < -0.3 is 14.9 Å². The van der Waals surface area contributed by atoms with Crippen molar-refractivity contribution in [3.05, 3.63) is 0 Å². The van der Waals surface area contributed by atoms with E-state index in [1.54, 1.807) is 0 Å². The van der Waals surface area contributed by atoms with E-state index in [1.807, 2.05) is 0 Å². The van der Waals surface area contributed by atoms with Crippen LogP contribution in [0.15, 0.2) is 5.16 Å². The van der Waals surface area contributed by atoms with Gasteiger partial charge in [0.15, 0.2) is 0 Å². The fraction of sp³-hybridized carbons (Fsp3) is 0.909. The molecule has 88 valence electrons. The maximum atomic E-state index is 5.50. The van der Waals surface area contributed by atoms with Gasteiger partial charge in [-0.25, -0.2) is 0 Å². The smallest absolute Gasteiger partial charge is 0.144 e. The van der Waals surface area contributed by atoms with E-state index in [-0.39, 0.29) is 6.10 Å². The van der Waals surface area contributed by atoms with Gasteiger partial charge >= 0.3 is 0 Å². The van der Waals surface area contributed by atoms with Gasteiger partial charge in [-0.2, -0.15) is 0 Å². The van der Waals surface area contributed by atoms with Crippen LogP contribution in [0.25, 0.3) is 0 Å². The van der Waals surface area contributed by atoms with Crippen molar-refractivity contribution >= 4 is 5.71 Å². The van der Waals surface area contributed by atoms with E-state index >= 15 is 0 Å². The molecule has 0 bridgehead atoms. The van der Waals surface area contributed by atoms with Gasteiger partial charge in [-0.15, -0.1) is 0 Å². The lowest BCUT2D eigenvalue weighted by Crippen LogP contribution is -2.40. The summed E-state index contributed by atoms with van der Waals surface area (Å²) < 4.78 is 5.50. The molecule has 1 aliphatic heterocycles. The molecule has 1 fully saturated rings. The molecule has 0 aromatic heterocycles. The Morgan fingerprint density at radius 2 is 2.40 bits per heavy atom. The number of nitrogens with one attached hydrogen (secondary N) is 1. The summed E-state index contributed by atoms with van der Waals surface area (Å²) in [7, 11) is 0. The Hall–Kier alpha value is -0.610. The Labute approximate surface area is 92.0 Å². The molecule has 0 radical (unpaired) electrons. The highest BCUT2D eigenvalue weighted by atomic mass is 16.6. The van der Waals surface area contributed by atoms with E-state index in [2.05, 4.69) is 31.2 Å². The molecule has 0 amide bonds. The van der Waals surface area contributed by atoms with Crippen molar-refractivity contribution in [1.82, 2.24) is 5.32 Å². The average molecular weight is 214 g/mol. The highest BCUT2D eigenvalue weighted by Gasteiger charge is 2.13. The van der Waals surface area contributed by atoms with Crippen molar-refractivity contribution in [1.29, 1.82) is 0 Å². The standard InChI is InChI=1S/C11H22N2O2/c1-4-11(9(2)3)13-15-8-10-7-12-5-6-14-10/h9-10,12H,4-8H2,1-3H3/b13-11+. The third kappa shape index (κ3) is 4.62. The number of oxime groups is 1. The first kappa shape index (κ1) is 12.5. The molecule has 1 unspecified atom stereocenters. The van der Waals surface area contributed by atoms with E-state index in [1.165, 1.54) is 0 Å². The fourth-order valence-corrected chi connectivity index (χ4v) is 1.51. The van der Waals surface area contributed by atoms with Gasteiger partial charge in [-0.05, 0) is 12.3 Å². The second-order valence-corrected chi connectivity index (χ2v) is 4.08. The zero-order chi connectivity index (χ0) is 11.1. The quantitative estimate of drug-likeness (QED) is 0.556. The number of hydrogen-bond acceptors (Lipinski definition) is 4. The summed E-state index contributed by atoms with van der Waals surface area (Å²) in [6.07, 6.45) is 1.09. The summed E-state index contributed by atoms with van der Waals surface area (Å²) in [6.45, 7) is 9.46. The molecule has 0 aromatic rings. The van der Waals surface area contributed by atoms with E-state index < -0.39 is 0 Å². The van der Waals surface area contributed by atoms with E-state index in [9.17, 15) is 0 Å². The van der Waals surface area contributed by atoms with Crippen LogP contribution in [0.4, 0.5) is 0 Å². The van der Waals surface area contributed by atoms with Crippen LogP contribution in [0.2, 0.25) is 0 Å². The average Bonchev–Trinajstić information content (AvgIpc) is 2.25. The van der Waals surface area contributed by atoms with Crippen LogP contribution >= 0.6 is 0 Å². The second-order valence-electron chi connectivity index (χ2n) is 4.08. The van der Waals surface area contributed by atoms with Crippen LogP contribution in [0, 0.1) is 5.92 Å². The topological polar surface area (TPSA) is 42.8 Å². The lowest BCUT2D eigenvalue weighted by Gasteiger charge is -2.22. The maximum absolute atomic E-state index is 5.50. The van der Waals surface area contributed by atoms with Crippen molar-refractivity contribution in [3.8, 4) is 0 Å². The molecule has 0 aliphatic carbocycles. The van der Waals surface area contributed by atoms with Gasteiger partial charge in [0.05, 0.1) is 12.3 Å². The van der Waals surface area contributed by atoms with Gasteiger partial charge in [0.2, 0.25) is 0 Å². The summed E-state index contributed by atoms with van der Waals surface area (Å²) in [4.78, 5) is 5.31. The largest absolute Gasteiger partial charge is 0.393 e. The highest BCUT2D eigenvalue weighted by molar-refractivity contribution is 5.85. The third-order valence-electron chi connectivity index (χ3n) is 2.48. The predicted octanol–water partition coefficient (Wildman–Crippen LogP) is 1.41. The lowest BCUT2D eigenvalue weighted by atomic mass is 10.1. The Bertz CT molecular complexity index is 199. The molecule has 4 heteroatoms. The molecule has 1 aliphatic rings. The summed E-state index contributed by atoms with van der Waals surface area (Å²) in [5.41, 5.74) is 1.11. The van der Waals surface area contributed by atoms with Crippen LogP contribution in [0.5, 0.6) is 0 Å². The molecule has 1 N–H and O–H groups in total. The van der Waals surface area contributed by atoms with Crippen LogP contribution in [0.1, 0.15) is 27.2 Å². The molecule has 0 aromatic carbocycles. The third-order valence-corrected chi connectivity index (χ3v) is 2.48. The van der Waals surface area contributed by atoms with Crippen LogP contribution < -0.4 is 5.32 Å². The van der Waals surface area contributed by atoms with Crippen LogP contribution in [0.3, 0.4) is 0 Å². The zero-order valence-corrected chi connectivity index (χ0v) is 9.95. The number of nitrogens with zero attached hydrogens (tertiary/aromatic N) is 1. The number of rotatable bonds is 5. The van der Waals surface area contributed by atoms with Gasteiger partial charge in [0.1, 0.15) is 12.7 Å². The predicted molar refractivity (Wildman–Crippen MR) is 61.1 cm³/mol. The second kappa shape index (κ2) is 6.80. The zero-order valence-electron chi connectivity index (χ0n) is 9.95. The minimum atomic E-state index is 0.146. The summed E-state index contributed by atoms with van der Waals surface area (Å²) in [5.74, 6) is 0.459. The van der Waals surface area contributed by atoms with Crippen LogP contribution in [-0.4, -0.2) is 38.1 Å². The Morgan fingerprint density at radius 1 is 1.60 bits per heavy atom. The van der Waals surface area contributed by atoms with Crippen molar-refractivity contribution in [2.24, 2.45) is 11.1 Å². The summed E-state index contributed by atoms with van der Waals surface area (Å²) in [6, 6.07) is 0.